The van der Waals surface area contributed by atoms with Crippen molar-refractivity contribution in [2.45, 2.75) is 73.0 Å². The molecule has 0 radical (unpaired) electrons. The lowest BCUT2D eigenvalue weighted by atomic mass is 9.53. The molecule has 10 rings (SSSR count). The number of aliphatic hydroxyl groups excluding tert-OH is 2. The predicted octanol–water partition coefficient (Wildman–Crippen LogP) is 1.06. The average Bonchev–Trinajstić information content (AvgIpc) is 3.56. The van der Waals surface area contributed by atoms with Gasteiger partial charge in [-0.1, -0.05) is 36.4 Å². The van der Waals surface area contributed by atoms with E-state index < -0.39 is 22.6 Å². The molecule has 12 nitrogen and oxygen atoms in total. The van der Waals surface area contributed by atoms with Crippen LogP contribution in [0.1, 0.15) is 35.1 Å². The van der Waals surface area contributed by atoms with Gasteiger partial charge in [0, 0.05) is 56.3 Å². The summed E-state index contributed by atoms with van der Waals surface area (Å²) < 4.78 is 46.3. The Bertz CT molecular complexity index is 1690. The summed E-state index contributed by atoms with van der Waals surface area (Å²) in [4.78, 5) is 4.87. The highest BCUT2D eigenvalue weighted by Gasteiger charge is 2.65. The largest absolute Gasteiger partial charge is 0.759 e. The Kier molecular flexibility index (Phi) is 6.90. The number of rotatable bonds is 0. The van der Waals surface area contributed by atoms with E-state index >= 15 is 0 Å². The molecule has 8 aliphatic rings. The molecule has 13 heteroatoms. The smallest absolute Gasteiger partial charge is 0.165 e. The standard InChI is InChI=1S/2C17H19NO3.H2O4S/c2*1-18-7-6-17-10-3-5-13(20)16(17)21-15-12(19)4-2-9(14(15)17)8-11(10)18;1-5(2,3)4/h2*2-5,10-11,13,16,19-20H,6-8H2,1H3;(H2,1,2,3,4)/p-2/t2*10-,11+,13-,16?,17-;/m00./s1. The van der Waals surface area contributed by atoms with Gasteiger partial charge < -0.3 is 48.8 Å². The van der Waals surface area contributed by atoms with Crippen LogP contribution in [0, 0.1) is 11.8 Å². The van der Waals surface area contributed by atoms with Crippen molar-refractivity contribution in [1.82, 2.24) is 9.80 Å². The highest BCUT2D eigenvalue weighted by Crippen LogP contribution is 2.63. The third-order valence-corrected chi connectivity index (χ3v) is 12.3. The second-order valence-corrected chi connectivity index (χ2v) is 15.1. The summed E-state index contributed by atoms with van der Waals surface area (Å²) in [6.45, 7) is 2.02. The molecule has 2 unspecified atom stereocenters. The summed E-state index contributed by atoms with van der Waals surface area (Å²) in [5, 5.41) is 41.3. The van der Waals surface area contributed by atoms with E-state index in [9.17, 15) is 20.4 Å². The zero-order valence-corrected chi connectivity index (χ0v) is 26.8. The van der Waals surface area contributed by atoms with E-state index in [0.717, 1.165) is 38.8 Å². The molecule has 2 saturated heterocycles. The van der Waals surface area contributed by atoms with Crippen LogP contribution in [-0.2, 0) is 34.1 Å². The Morgan fingerprint density at radius 2 is 1.11 bits per heavy atom. The van der Waals surface area contributed by atoms with Gasteiger partial charge in [0.25, 0.3) is 0 Å². The SMILES string of the molecule is CN1CC[C@]23c4c5ccc(O)c4OC2[C@@H](O)C=C[C@H]3[C@H]1C5.CN1CC[C@]23c4c5ccc(O)c4OC2[C@@H](O)C=C[C@H]3[C@H]1C5.O=S(=O)([O-])[O-]. The van der Waals surface area contributed by atoms with Gasteiger partial charge in [-0.3, -0.25) is 8.42 Å². The van der Waals surface area contributed by atoms with Gasteiger partial charge in [-0.2, -0.15) is 0 Å². The van der Waals surface area contributed by atoms with Crippen LogP contribution in [0.5, 0.6) is 23.0 Å². The zero-order chi connectivity index (χ0) is 33.2. The monoisotopic (exact) mass is 666 g/mol. The first-order valence-corrected chi connectivity index (χ1v) is 17.4. The molecule has 2 aromatic rings. The first-order valence-electron chi connectivity index (χ1n) is 16.1. The molecule has 10 atom stereocenters. The Balaban J connectivity index is 0.000000121. The van der Waals surface area contributed by atoms with Crippen molar-refractivity contribution in [3.8, 4) is 23.0 Å². The lowest BCUT2D eigenvalue weighted by Crippen LogP contribution is -2.64. The fourth-order valence-corrected chi connectivity index (χ4v) is 10.5. The number of hydrogen-bond acceptors (Lipinski definition) is 12. The fraction of sp³-hybridized carbons (Fsp3) is 0.529. The van der Waals surface area contributed by atoms with Gasteiger partial charge in [-0.15, -0.1) is 0 Å². The second-order valence-electron chi connectivity index (χ2n) is 14.3. The molecule has 4 bridgehead atoms. The summed E-state index contributed by atoms with van der Waals surface area (Å²) in [6.07, 6.45) is 10.4. The third-order valence-electron chi connectivity index (χ3n) is 12.3. The fourth-order valence-electron chi connectivity index (χ4n) is 10.5. The highest BCUT2D eigenvalue weighted by atomic mass is 32.3. The number of phenolic OH excluding ortho intramolecular Hbond substituents is 2. The molecule has 4 aliphatic carbocycles. The van der Waals surface area contributed by atoms with Crippen molar-refractivity contribution >= 4 is 10.4 Å². The molecule has 4 N–H and O–H groups in total. The number of likely N-dealkylation sites (N-methyl/N-ethyl adjacent to an activating group) is 2. The Morgan fingerprint density at radius 1 is 0.723 bits per heavy atom. The van der Waals surface area contributed by atoms with E-state index in [2.05, 4.69) is 36.0 Å². The van der Waals surface area contributed by atoms with Crippen molar-refractivity contribution in [2.24, 2.45) is 11.8 Å². The molecule has 2 fully saturated rings. The summed E-state index contributed by atoms with van der Waals surface area (Å²) >= 11 is 0. The molecule has 47 heavy (non-hydrogen) atoms. The van der Waals surface area contributed by atoms with Crippen molar-refractivity contribution < 1.29 is 47.4 Å². The van der Waals surface area contributed by atoms with Gasteiger partial charge in [0.15, 0.2) is 23.0 Å². The number of ether oxygens (including phenoxy) is 2. The number of likely N-dealkylation sites (tertiary alicyclic amines) is 2. The number of aliphatic hydroxyl groups is 2. The molecule has 0 aromatic heterocycles. The third kappa shape index (κ3) is 4.30. The number of piperidine rings is 2. The number of hydrogen-bond donors (Lipinski definition) is 4. The summed E-state index contributed by atoms with van der Waals surface area (Å²) in [7, 11) is -0.791. The van der Waals surface area contributed by atoms with E-state index in [-0.39, 0.29) is 34.5 Å². The maximum absolute atomic E-state index is 10.4. The predicted molar refractivity (Wildman–Crippen MR) is 166 cm³/mol. The number of benzene rings is 2. The minimum Gasteiger partial charge on any atom is -0.759 e. The maximum atomic E-state index is 10.4. The lowest BCUT2D eigenvalue weighted by molar-refractivity contribution is -0.0453. The van der Waals surface area contributed by atoms with Crippen LogP contribution in [0.4, 0.5) is 0 Å². The Labute approximate surface area is 273 Å². The van der Waals surface area contributed by atoms with Gasteiger partial charge >= 0.3 is 0 Å². The van der Waals surface area contributed by atoms with Crippen LogP contribution in [0.25, 0.3) is 0 Å². The molecular formula is C34H38N2O10S-2. The van der Waals surface area contributed by atoms with E-state index in [0.29, 0.717) is 35.4 Å². The molecule has 0 amide bonds. The van der Waals surface area contributed by atoms with Crippen LogP contribution < -0.4 is 9.47 Å². The quantitative estimate of drug-likeness (QED) is 0.178. The van der Waals surface area contributed by atoms with E-state index in [4.69, 9.17) is 27.0 Å². The summed E-state index contributed by atoms with van der Waals surface area (Å²) in [6, 6.07) is 8.45. The van der Waals surface area contributed by atoms with Crippen LogP contribution in [0.3, 0.4) is 0 Å². The molecule has 4 heterocycles. The molecular weight excluding hydrogens is 628 g/mol. The van der Waals surface area contributed by atoms with Crippen LogP contribution in [0.15, 0.2) is 48.6 Å². The number of aromatic hydroxyl groups is 2. The Morgan fingerprint density at radius 3 is 1.49 bits per heavy atom. The van der Waals surface area contributed by atoms with E-state index in [1.165, 1.54) is 22.3 Å². The first kappa shape index (κ1) is 31.1. The first-order chi connectivity index (χ1) is 22.3. The van der Waals surface area contributed by atoms with Gasteiger partial charge in [0.1, 0.15) is 24.4 Å². The zero-order valence-electron chi connectivity index (χ0n) is 26.0. The van der Waals surface area contributed by atoms with Gasteiger partial charge in [0.05, 0.1) is 0 Å². The number of nitrogens with zero attached hydrogens (tertiary/aromatic N) is 2. The minimum atomic E-state index is -5.17. The van der Waals surface area contributed by atoms with Crippen LogP contribution in [-0.4, -0.2) is 111 Å². The topological polar surface area (TPSA) is 186 Å². The second kappa shape index (κ2) is 10.4. The molecule has 4 aliphatic heterocycles. The average molecular weight is 667 g/mol. The normalized spacial score (nSPS) is 39.3. The maximum Gasteiger partial charge on any atom is 0.165 e. The molecule has 2 aromatic carbocycles. The van der Waals surface area contributed by atoms with Gasteiger partial charge in [-0.05, 0) is 76.1 Å². The molecule has 252 valence electrons. The Hall–Kier alpha value is -3.17. The van der Waals surface area contributed by atoms with E-state index in [1.807, 2.05) is 24.3 Å². The van der Waals surface area contributed by atoms with Crippen LogP contribution in [0.2, 0.25) is 0 Å². The van der Waals surface area contributed by atoms with Crippen molar-refractivity contribution in [2.75, 3.05) is 27.2 Å². The van der Waals surface area contributed by atoms with Crippen LogP contribution >= 0.6 is 0 Å². The molecule has 0 saturated carbocycles. The van der Waals surface area contributed by atoms with Crippen molar-refractivity contribution in [1.29, 1.82) is 0 Å². The van der Waals surface area contributed by atoms with Gasteiger partial charge in [0.2, 0.25) is 0 Å². The van der Waals surface area contributed by atoms with Crippen molar-refractivity contribution in [3.63, 3.8) is 0 Å². The van der Waals surface area contributed by atoms with Crippen molar-refractivity contribution in [3.05, 3.63) is 70.8 Å². The molecule has 2 spiro atoms. The van der Waals surface area contributed by atoms with Gasteiger partial charge in [-0.25, -0.2) is 0 Å². The summed E-state index contributed by atoms with van der Waals surface area (Å²) in [5.74, 6) is 2.38. The minimum absolute atomic E-state index is 0.160. The highest BCUT2D eigenvalue weighted by molar-refractivity contribution is 7.79. The lowest BCUT2D eigenvalue weighted by Gasteiger charge is -2.56. The van der Waals surface area contributed by atoms with E-state index in [1.54, 1.807) is 12.1 Å². The summed E-state index contributed by atoms with van der Waals surface area (Å²) in [5.41, 5.74) is 4.58. The number of phenols is 2.